The summed E-state index contributed by atoms with van der Waals surface area (Å²) < 4.78 is 13.0. The quantitative estimate of drug-likeness (QED) is 0.732. The van der Waals surface area contributed by atoms with Gasteiger partial charge in [-0.2, -0.15) is 0 Å². The molecule has 1 amide bonds. The first kappa shape index (κ1) is 14.2. The van der Waals surface area contributed by atoms with Gasteiger partial charge in [0.25, 0.3) is 5.91 Å². The predicted molar refractivity (Wildman–Crippen MR) is 70.4 cm³/mol. The molecule has 0 unspecified atom stereocenters. The van der Waals surface area contributed by atoms with E-state index in [9.17, 15) is 9.18 Å². The van der Waals surface area contributed by atoms with Crippen LogP contribution in [0.2, 0.25) is 0 Å². The summed E-state index contributed by atoms with van der Waals surface area (Å²) in [5.74, 6) is 4.76. The molecule has 1 aromatic rings. The van der Waals surface area contributed by atoms with Gasteiger partial charge in [-0.05, 0) is 43.4 Å². The van der Waals surface area contributed by atoms with E-state index in [-0.39, 0.29) is 11.7 Å². The van der Waals surface area contributed by atoms with Crippen LogP contribution in [0.4, 0.5) is 4.39 Å². The first-order chi connectivity index (χ1) is 8.67. The minimum atomic E-state index is -0.241. The van der Waals surface area contributed by atoms with Gasteiger partial charge in [-0.25, -0.2) is 4.39 Å². The molecule has 0 spiro atoms. The van der Waals surface area contributed by atoms with Crippen LogP contribution in [0.15, 0.2) is 24.3 Å². The van der Waals surface area contributed by atoms with E-state index in [1.54, 1.807) is 17.9 Å². The molecular weight excluding hydrogens is 229 g/mol. The topological polar surface area (TPSA) is 20.3 Å². The standard InChI is InChI=1S/C15H18FNO/c1-3-6-15(18)17(10-4-2)11-9-13-7-5-8-14(16)12-13/h5,7-8,12H,4,9-11H2,1-2H3. The molecule has 0 saturated heterocycles. The first-order valence-electron chi connectivity index (χ1n) is 6.13. The summed E-state index contributed by atoms with van der Waals surface area (Å²) in [6.45, 7) is 4.92. The second-order valence-electron chi connectivity index (χ2n) is 4.05. The van der Waals surface area contributed by atoms with Gasteiger partial charge in [0.1, 0.15) is 5.82 Å². The Morgan fingerprint density at radius 1 is 1.39 bits per heavy atom. The van der Waals surface area contributed by atoms with E-state index in [1.165, 1.54) is 12.1 Å². The molecule has 0 fully saturated rings. The van der Waals surface area contributed by atoms with Crippen molar-refractivity contribution in [1.29, 1.82) is 0 Å². The van der Waals surface area contributed by atoms with Crippen molar-refractivity contribution < 1.29 is 9.18 Å². The molecule has 0 aliphatic carbocycles. The fourth-order valence-corrected chi connectivity index (χ4v) is 1.73. The van der Waals surface area contributed by atoms with E-state index >= 15 is 0 Å². The Morgan fingerprint density at radius 2 is 2.17 bits per heavy atom. The zero-order valence-corrected chi connectivity index (χ0v) is 10.9. The lowest BCUT2D eigenvalue weighted by atomic mass is 10.1. The molecule has 0 radical (unpaired) electrons. The number of hydrogen-bond donors (Lipinski definition) is 0. The van der Waals surface area contributed by atoms with Crippen LogP contribution in [0.3, 0.4) is 0 Å². The molecule has 1 aromatic carbocycles. The van der Waals surface area contributed by atoms with Crippen molar-refractivity contribution >= 4 is 5.91 Å². The lowest BCUT2D eigenvalue weighted by molar-refractivity contribution is -0.125. The Labute approximate surface area is 108 Å². The molecule has 18 heavy (non-hydrogen) atoms. The van der Waals surface area contributed by atoms with Crippen molar-refractivity contribution in [2.45, 2.75) is 26.7 Å². The van der Waals surface area contributed by atoms with E-state index < -0.39 is 0 Å². The molecule has 0 saturated carbocycles. The van der Waals surface area contributed by atoms with E-state index in [4.69, 9.17) is 0 Å². The van der Waals surface area contributed by atoms with Gasteiger partial charge in [0, 0.05) is 13.1 Å². The lowest BCUT2D eigenvalue weighted by Gasteiger charge is -2.19. The Hall–Kier alpha value is -1.82. The average molecular weight is 247 g/mol. The Bertz CT molecular complexity index is 459. The van der Waals surface area contributed by atoms with E-state index in [0.717, 1.165) is 12.0 Å². The third-order valence-corrected chi connectivity index (χ3v) is 2.57. The van der Waals surface area contributed by atoms with Gasteiger partial charge in [-0.1, -0.05) is 25.0 Å². The highest BCUT2D eigenvalue weighted by molar-refractivity contribution is 5.93. The van der Waals surface area contributed by atoms with Crippen LogP contribution in [0, 0.1) is 17.7 Å². The molecule has 0 heterocycles. The van der Waals surface area contributed by atoms with Crippen molar-refractivity contribution in [3.05, 3.63) is 35.6 Å². The Kier molecular flexibility index (Phi) is 5.93. The maximum absolute atomic E-state index is 13.0. The van der Waals surface area contributed by atoms with Gasteiger partial charge < -0.3 is 4.90 Å². The van der Waals surface area contributed by atoms with E-state index in [2.05, 4.69) is 11.8 Å². The zero-order valence-electron chi connectivity index (χ0n) is 10.9. The smallest absolute Gasteiger partial charge is 0.298 e. The number of nitrogens with zero attached hydrogens (tertiary/aromatic N) is 1. The molecule has 0 atom stereocenters. The molecular formula is C15H18FNO. The second-order valence-corrected chi connectivity index (χ2v) is 4.05. The fraction of sp³-hybridized carbons (Fsp3) is 0.400. The third kappa shape index (κ3) is 4.58. The molecule has 1 rings (SSSR count). The van der Waals surface area contributed by atoms with Gasteiger partial charge in [0.15, 0.2) is 0 Å². The Balaban J connectivity index is 2.61. The SMILES string of the molecule is CC#CC(=O)N(CCC)CCc1cccc(F)c1. The van der Waals surface area contributed by atoms with Crippen LogP contribution in [0.5, 0.6) is 0 Å². The fourth-order valence-electron chi connectivity index (χ4n) is 1.73. The third-order valence-electron chi connectivity index (χ3n) is 2.57. The number of hydrogen-bond acceptors (Lipinski definition) is 1. The molecule has 0 bridgehead atoms. The molecule has 0 aliphatic heterocycles. The van der Waals surface area contributed by atoms with Crippen molar-refractivity contribution in [2.75, 3.05) is 13.1 Å². The summed E-state index contributed by atoms with van der Waals surface area (Å²) >= 11 is 0. The maximum Gasteiger partial charge on any atom is 0.298 e. The normalized spacial score (nSPS) is 9.50. The summed E-state index contributed by atoms with van der Waals surface area (Å²) in [6.07, 6.45) is 1.54. The largest absolute Gasteiger partial charge is 0.332 e. The van der Waals surface area contributed by atoms with Crippen LogP contribution in [0.1, 0.15) is 25.8 Å². The Morgan fingerprint density at radius 3 is 2.78 bits per heavy atom. The molecule has 3 heteroatoms. The molecule has 96 valence electrons. The summed E-state index contributed by atoms with van der Waals surface area (Å²) in [6, 6.07) is 6.47. The molecule has 0 aliphatic rings. The van der Waals surface area contributed by atoms with Gasteiger partial charge in [0.2, 0.25) is 0 Å². The maximum atomic E-state index is 13.0. The predicted octanol–water partition coefficient (Wildman–Crippen LogP) is 2.63. The number of carbonyl (C=O) groups excluding carboxylic acids is 1. The van der Waals surface area contributed by atoms with Gasteiger partial charge in [-0.15, -0.1) is 0 Å². The number of carbonyl (C=O) groups is 1. The van der Waals surface area contributed by atoms with Crippen molar-refractivity contribution in [1.82, 2.24) is 4.90 Å². The van der Waals surface area contributed by atoms with E-state index in [1.807, 2.05) is 13.0 Å². The van der Waals surface area contributed by atoms with Crippen LogP contribution in [-0.2, 0) is 11.2 Å². The highest BCUT2D eigenvalue weighted by atomic mass is 19.1. The number of halogens is 1. The van der Waals surface area contributed by atoms with E-state index in [0.29, 0.717) is 19.5 Å². The van der Waals surface area contributed by atoms with Crippen molar-refractivity contribution in [3.63, 3.8) is 0 Å². The average Bonchev–Trinajstić information content (AvgIpc) is 2.35. The molecule has 0 aromatic heterocycles. The van der Waals surface area contributed by atoms with Crippen LogP contribution >= 0.6 is 0 Å². The minimum Gasteiger partial charge on any atom is -0.332 e. The summed E-state index contributed by atoms with van der Waals surface area (Å²) in [5.41, 5.74) is 0.897. The van der Waals surface area contributed by atoms with Crippen LogP contribution in [-0.4, -0.2) is 23.9 Å². The van der Waals surface area contributed by atoms with Crippen molar-refractivity contribution in [3.8, 4) is 11.8 Å². The zero-order chi connectivity index (χ0) is 13.4. The monoisotopic (exact) mass is 247 g/mol. The number of amides is 1. The summed E-state index contributed by atoms with van der Waals surface area (Å²) in [7, 11) is 0. The lowest BCUT2D eigenvalue weighted by Crippen LogP contribution is -2.32. The van der Waals surface area contributed by atoms with Gasteiger partial charge in [-0.3, -0.25) is 4.79 Å². The number of benzene rings is 1. The molecule has 0 N–H and O–H groups in total. The summed E-state index contributed by atoms with van der Waals surface area (Å²) in [5, 5.41) is 0. The minimum absolute atomic E-state index is 0.157. The van der Waals surface area contributed by atoms with Gasteiger partial charge >= 0.3 is 0 Å². The van der Waals surface area contributed by atoms with Gasteiger partial charge in [0.05, 0.1) is 0 Å². The highest BCUT2D eigenvalue weighted by Gasteiger charge is 2.09. The first-order valence-corrected chi connectivity index (χ1v) is 6.13. The molecule has 2 nitrogen and oxygen atoms in total. The van der Waals surface area contributed by atoms with Crippen molar-refractivity contribution in [2.24, 2.45) is 0 Å². The second kappa shape index (κ2) is 7.50. The van der Waals surface area contributed by atoms with Crippen LogP contribution < -0.4 is 0 Å². The summed E-state index contributed by atoms with van der Waals surface area (Å²) in [4.78, 5) is 13.4. The number of rotatable bonds is 5. The highest BCUT2D eigenvalue weighted by Crippen LogP contribution is 2.05. The van der Waals surface area contributed by atoms with Crippen LogP contribution in [0.25, 0.3) is 0 Å².